The Morgan fingerprint density at radius 3 is 2.81 bits per heavy atom. The van der Waals surface area contributed by atoms with Gasteiger partial charge in [-0.05, 0) is 35.0 Å². The van der Waals surface area contributed by atoms with E-state index in [9.17, 15) is 13.5 Å². The average molecular weight is 376 g/mol. The number of benzene rings is 1. The quantitative estimate of drug-likeness (QED) is 0.738. The van der Waals surface area contributed by atoms with Gasteiger partial charge in [0.2, 0.25) is 5.03 Å². The molecular weight excluding hydrogens is 362 g/mol. The molecule has 0 spiro atoms. The lowest BCUT2D eigenvalue weighted by molar-refractivity contribution is 0.277. The van der Waals surface area contributed by atoms with Crippen molar-refractivity contribution in [2.24, 2.45) is 0 Å². The third-order valence-electron chi connectivity index (χ3n) is 2.87. The van der Waals surface area contributed by atoms with Gasteiger partial charge < -0.3 is 9.84 Å². The number of rotatable bonds is 5. The summed E-state index contributed by atoms with van der Waals surface area (Å²) in [5.41, 5.74) is 1.06. The third-order valence-corrected chi connectivity index (χ3v) is 4.89. The lowest BCUT2D eigenvalue weighted by atomic mass is 10.3. The first-order valence-corrected chi connectivity index (χ1v) is 8.17. The number of sulfonamides is 1. The van der Waals surface area contributed by atoms with Crippen LogP contribution in [0.2, 0.25) is 0 Å². The first kappa shape index (κ1) is 15.8. The molecule has 0 aliphatic heterocycles. The van der Waals surface area contributed by atoms with Crippen molar-refractivity contribution >= 4 is 31.6 Å². The topological polar surface area (TPSA) is 104 Å². The molecule has 0 saturated heterocycles. The van der Waals surface area contributed by atoms with Gasteiger partial charge in [-0.3, -0.25) is 9.82 Å². The van der Waals surface area contributed by atoms with E-state index in [0.717, 1.165) is 0 Å². The van der Waals surface area contributed by atoms with Crippen molar-refractivity contribution in [3.8, 4) is 5.75 Å². The first-order chi connectivity index (χ1) is 9.89. The Hall–Kier alpha value is -1.58. The van der Waals surface area contributed by atoms with Crippen LogP contribution in [0.4, 0.5) is 5.69 Å². The second kappa shape index (κ2) is 6.04. The predicted octanol–water partition coefficient (Wildman–Crippen LogP) is 1.78. The number of aliphatic hydroxyl groups excluding tert-OH is 1. The lowest BCUT2D eigenvalue weighted by Gasteiger charge is -2.10. The van der Waals surface area contributed by atoms with Crippen molar-refractivity contribution in [3.63, 3.8) is 0 Å². The van der Waals surface area contributed by atoms with Gasteiger partial charge >= 0.3 is 0 Å². The Kier molecular flexibility index (Phi) is 4.55. The monoisotopic (exact) mass is 375 g/mol. The number of aryl methyl sites for hydroxylation is 1. The Morgan fingerprint density at radius 1 is 1.48 bits per heavy atom. The highest BCUT2D eigenvalue weighted by atomic mass is 79.9. The second-order valence-electron chi connectivity index (χ2n) is 4.24. The molecule has 0 amide bonds. The molecule has 7 nitrogen and oxygen atoms in total. The molecule has 0 bridgehead atoms. The normalized spacial score (nSPS) is 11.4. The van der Waals surface area contributed by atoms with Gasteiger partial charge in [0.15, 0.2) is 0 Å². The zero-order valence-corrected chi connectivity index (χ0v) is 13.7. The van der Waals surface area contributed by atoms with E-state index in [-0.39, 0.29) is 10.6 Å². The molecule has 0 radical (unpaired) electrons. The highest BCUT2D eigenvalue weighted by Crippen LogP contribution is 2.29. The van der Waals surface area contributed by atoms with Crippen molar-refractivity contribution in [1.82, 2.24) is 10.2 Å². The van der Waals surface area contributed by atoms with Crippen molar-refractivity contribution < 1.29 is 18.3 Å². The van der Waals surface area contributed by atoms with Gasteiger partial charge in [0.25, 0.3) is 10.0 Å². The molecule has 0 saturated carbocycles. The van der Waals surface area contributed by atoms with Crippen LogP contribution in [0.25, 0.3) is 0 Å². The molecule has 2 rings (SSSR count). The molecule has 1 heterocycles. The molecule has 0 unspecified atom stereocenters. The number of hydrogen-bond acceptors (Lipinski definition) is 5. The molecule has 21 heavy (non-hydrogen) atoms. The van der Waals surface area contributed by atoms with Gasteiger partial charge in [-0.15, -0.1) is 0 Å². The van der Waals surface area contributed by atoms with Crippen molar-refractivity contribution in [2.45, 2.75) is 18.6 Å². The summed E-state index contributed by atoms with van der Waals surface area (Å²) in [6, 6.07) is 4.90. The number of ether oxygens (including phenoxy) is 1. The predicted molar refractivity (Wildman–Crippen MR) is 80.8 cm³/mol. The fourth-order valence-corrected chi connectivity index (χ4v) is 3.48. The second-order valence-corrected chi connectivity index (χ2v) is 6.69. The Morgan fingerprint density at radius 2 is 2.19 bits per heavy atom. The van der Waals surface area contributed by atoms with E-state index in [2.05, 4.69) is 30.8 Å². The first-order valence-electron chi connectivity index (χ1n) is 5.90. The van der Waals surface area contributed by atoms with Gasteiger partial charge in [0.1, 0.15) is 5.75 Å². The molecule has 0 aliphatic carbocycles. The zero-order valence-electron chi connectivity index (χ0n) is 11.3. The van der Waals surface area contributed by atoms with Gasteiger partial charge in [0, 0.05) is 21.8 Å². The number of aromatic amines is 1. The molecule has 2 aromatic rings. The number of nitrogens with zero attached hydrogens (tertiary/aromatic N) is 1. The van der Waals surface area contributed by atoms with E-state index in [4.69, 9.17) is 4.74 Å². The van der Waals surface area contributed by atoms with E-state index in [1.807, 2.05) is 0 Å². The molecule has 1 aromatic carbocycles. The van der Waals surface area contributed by atoms with E-state index in [1.165, 1.54) is 7.11 Å². The Balaban J connectivity index is 2.42. The third kappa shape index (κ3) is 3.20. The van der Waals surface area contributed by atoms with Crippen LogP contribution >= 0.6 is 15.9 Å². The minimum atomic E-state index is -3.92. The zero-order chi connectivity index (χ0) is 15.6. The maximum Gasteiger partial charge on any atom is 0.281 e. The summed E-state index contributed by atoms with van der Waals surface area (Å²) in [7, 11) is -2.43. The summed E-state index contributed by atoms with van der Waals surface area (Å²) in [5.74, 6) is 0.511. The van der Waals surface area contributed by atoms with Crippen molar-refractivity contribution in [3.05, 3.63) is 33.9 Å². The van der Waals surface area contributed by atoms with Crippen LogP contribution in [0, 0.1) is 6.92 Å². The van der Waals surface area contributed by atoms with Crippen LogP contribution < -0.4 is 9.46 Å². The number of aromatic nitrogens is 2. The van der Waals surface area contributed by atoms with Gasteiger partial charge in [0.05, 0.1) is 19.4 Å². The molecule has 0 fully saturated rings. The van der Waals surface area contributed by atoms with E-state index >= 15 is 0 Å². The minimum absolute atomic E-state index is 0.225. The summed E-state index contributed by atoms with van der Waals surface area (Å²) in [6.07, 6.45) is 0. The van der Waals surface area contributed by atoms with E-state index in [0.29, 0.717) is 21.6 Å². The van der Waals surface area contributed by atoms with Crippen LogP contribution in [0.5, 0.6) is 5.75 Å². The number of nitrogens with one attached hydrogen (secondary N) is 2. The molecule has 0 aliphatic rings. The number of methoxy groups -OCH3 is 1. The minimum Gasteiger partial charge on any atom is -0.497 e. The SMILES string of the molecule is COc1ccc(Br)c(NS(=O)(=O)c2n[nH]c(C)c2CO)c1. The smallest absolute Gasteiger partial charge is 0.281 e. The fraction of sp³-hybridized carbons (Fsp3) is 0.250. The van der Waals surface area contributed by atoms with Crippen molar-refractivity contribution in [1.29, 1.82) is 0 Å². The summed E-state index contributed by atoms with van der Waals surface area (Å²) < 4.78 is 32.8. The summed E-state index contributed by atoms with van der Waals surface area (Å²) >= 11 is 3.27. The van der Waals surface area contributed by atoms with Gasteiger partial charge in [-0.25, -0.2) is 0 Å². The highest BCUT2D eigenvalue weighted by Gasteiger charge is 2.24. The number of anilines is 1. The fourth-order valence-electron chi connectivity index (χ4n) is 1.74. The largest absolute Gasteiger partial charge is 0.497 e. The summed E-state index contributed by atoms with van der Waals surface area (Å²) in [4.78, 5) is 0. The van der Waals surface area contributed by atoms with Crippen LogP contribution in [0.15, 0.2) is 27.7 Å². The molecular formula is C12H14BrN3O4S. The molecule has 0 atom stereocenters. The molecule has 3 N–H and O–H groups in total. The van der Waals surface area contributed by atoms with E-state index < -0.39 is 16.6 Å². The van der Waals surface area contributed by atoms with Gasteiger partial charge in [-0.2, -0.15) is 13.5 Å². The summed E-state index contributed by atoms with van der Waals surface area (Å²) in [5, 5.41) is 15.3. The Labute approximate surface area is 130 Å². The van der Waals surface area contributed by atoms with Crippen LogP contribution in [0.1, 0.15) is 11.3 Å². The van der Waals surface area contributed by atoms with Crippen molar-refractivity contribution in [2.75, 3.05) is 11.8 Å². The average Bonchev–Trinajstić information content (AvgIpc) is 2.83. The lowest BCUT2D eigenvalue weighted by Crippen LogP contribution is -2.15. The van der Waals surface area contributed by atoms with E-state index in [1.54, 1.807) is 25.1 Å². The number of aliphatic hydroxyl groups is 1. The maximum atomic E-state index is 12.4. The number of hydrogen-bond donors (Lipinski definition) is 3. The molecule has 9 heteroatoms. The maximum absolute atomic E-state index is 12.4. The molecule has 1 aromatic heterocycles. The van der Waals surface area contributed by atoms with Gasteiger partial charge in [-0.1, -0.05) is 0 Å². The van der Waals surface area contributed by atoms with Crippen LogP contribution in [-0.2, 0) is 16.6 Å². The highest BCUT2D eigenvalue weighted by molar-refractivity contribution is 9.10. The standard InChI is InChI=1S/C12H14BrN3O4S/c1-7-9(6-17)12(15-14-7)21(18,19)16-11-5-8(20-2)3-4-10(11)13/h3-5,16-17H,6H2,1-2H3,(H,14,15). The van der Waals surface area contributed by atoms with Crippen LogP contribution in [-0.4, -0.2) is 30.8 Å². The summed E-state index contributed by atoms with van der Waals surface area (Å²) in [6.45, 7) is 1.22. The number of H-pyrrole nitrogens is 1. The Bertz CT molecular complexity index is 758. The number of halogens is 1. The molecule has 114 valence electrons. The van der Waals surface area contributed by atoms with Crippen LogP contribution in [0.3, 0.4) is 0 Å².